The molecule has 0 aliphatic carbocycles. The molecule has 0 spiro atoms. The Morgan fingerprint density at radius 2 is 1.33 bits per heavy atom. The SMILES string of the molecule is Cc1cc(-c2nc(-c3ccc4c(ccn4C)c3)no2)ccc1-c1ccccc1CCOCc1cc(-c2nc(-c3ccc4c(c3)CN(CC(=O)O)CC4)no2)ccc1-c1ccccc1C. The van der Waals surface area contributed by atoms with Gasteiger partial charge in [0.05, 0.1) is 19.8 Å². The molecule has 0 unspecified atom stereocenters. The lowest BCUT2D eigenvalue weighted by Crippen LogP contribution is -2.34. The minimum Gasteiger partial charge on any atom is -0.480 e. The lowest BCUT2D eigenvalue weighted by molar-refractivity contribution is -0.138. The zero-order chi connectivity index (χ0) is 43.7. The van der Waals surface area contributed by atoms with Crippen molar-refractivity contribution in [2.75, 3.05) is 19.7 Å². The molecular formula is C53H46N6O5. The van der Waals surface area contributed by atoms with Crippen LogP contribution in [-0.2, 0) is 42.6 Å². The van der Waals surface area contributed by atoms with Crippen molar-refractivity contribution < 1.29 is 23.7 Å². The van der Waals surface area contributed by atoms with Gasteiger partial charge in [0.2, 0.25) is 11.6 Å². The molecule has 318 valence electrons. The van der Waals surface area contributed by atoms with Gasteiger partial charge in [-0.3, -0.25) is 9.69 Å². The van der Waals surface area contributed by atoms with Crippen LogP contribution in [0, 0.1) is 13.8 Å². The second-order valence-electron chi connectivity index (χ2n) is 16.6. The van der Waals surface area contributed by atoms with Crippen molar-refractivity contribution in [3.05, 3.63) is 167 Å². The fraction of sp³-hybridized carbons (Fsp3) is 0.189. The molecule has 64 heavy (non-hydrogen) atoms. The smallest absolute Gasteiger partial charge is 0.317 e. The first kappa shape index (κ1) is 40.6. The van der Waals surface area contributed by atoms with Crippen LogP contribution in [0.3, 0.4) is 0 Å². The van der Waals surface area contributed by atoms with Crippen LogP contribution in [0.15, 0.2) is 143 Å². The van der Waals surface area contributed by atoms with Crippen LogP contribution in [0.5, 0.6) is 0 Å². The molecule has 1 aliphatic heterocycles. The Morgan fingerprint density at radius 3 is 2.09 bits per heavy atom. The fourth-order valence-corrected chi connectivity index (χ4v) is 8.87. The summed E-state index contributed by atoms with van der Waals surface area (Å²) in [5.41, 5.74) is 15.9. The predicted molar refractivity (Wildman–Crippen MR) is 247 cm³/mol. The van der Waals surface area contributed by atoms with Gasteiger partial charge in [0.15, 0.2) is 0 Å². The topological polar surface area (TPSA) is 133 Å². The number of benzene rings is 6. The Bertz CT molecular complexity index is 3180. The van der Waals surface area contributed by atoms with Crippen LogP contribution in [0.1, 0.15) is 33.4 Å². The van der Waals surface area contributed by atoms with E-state index < -0.39 is 5.97 Å². The van der Waals surface area contributed by atoms with Crippen molar-refractivity contribution in [2.45, 2.75) is 39.8 Å². The second kappa shape index (κ2) is 17.4. The molecule has 0 radical (unpaired) electrons. The molecule has 1 N–H and O–H groups in total. The van der Waals surface area contributed by atoms with Gasteiger partial charge in [-0.2, -0.15) is 9.97 Å². The van der Waals surface area contributed by atoms with Gasteiger partial charge in [0, 0.05) is 59.5 Å². The Kier molecular flexibility index (Phi) is 11.0. The molecule has 0 saturated heterocycles. The quantitative estimate of drug-likeness (QED) is 0.112. The first-order valence-electron chi connectivity index (χ1n) is 21.5. The van der Waals surface area contributed by atoms with Crippen LogP contribution in [0.4, 0.5) is 0 Å². The van der Waals surface area contributed by atoms with Crippen LogP contribution < -0.4 is 0 Å². The highest BCUT2D eigenvalue weighted by Gasteiger charge is 2.21. The van der Waals surface area contributed by atoms with Crippen molar-refractivity contribution in [3.8, 4) is 67.9 Å². The van der Waals surface area contributed by atoms with Crippen molar-refractivity contribution in [2.24, 2.45) is 7.05 Å². The number of ether oxygens (including phenoxy) is 1. The summed E-state index contributed by atoms with van der Waals surface area (Å²) < 4.78 is 20.2. The zero-order valence-electron chi connectivity index (χ0n) is 35.9. The molecule has 0 atom stereocenters. The Hall–Kier alpha value is -7.47. The first-order valence-corrected chi connectivity index (χ1v) is 21.5. The molecule has 10 rings (SSSR count). The Balaban J connectivity index is 0.848. The molecule has 9 aromatic rings. The molecule has 11 nitrogen and oxygen atoms in total. The van der Waals surface area contributed by atoms with Gasteiger partial charge >= 0.3 is 5.97 Å². The number of nitrogens with zero attached hydrogens (tertiary/aromatic N) is 6. The van der Waals surface area contributed by atoms with Gasteiger partial charge < -0.3 is 23.5 Å². The number of fused-ring (bicyclic) bond motifs is 2. The largest absolute Gasteiger partial charge is 0.480 e. The minimum atomic E-state index is -0.825. The van der Waals surface area contributed by atoms with Crippen molar-refractivity contribution in [1.82, 2.24) is 29.7 Å². The maximum absolute atomic E-state index is 11.4. The summed E-state index contributed by atoms with van der Waals surface area (Å²) in [6, 6.07) is 43.8. The maximum atomic E-state index is 11.4. The number of hydrogen-bond acceptors (Lipinski definition) is 9. The number of aryl methyl sites for hydroxylation is 3. The molecular weight excluding hydrogens is 801 g/mol. The van der Waals surface area contributed by atoms with Gasteiger partial charge in [-0.1, -0.05) is 83.1 Å². The molecule has 0 amide bonds. The van der Waals surface area contributed by atoms with Crippen LogP contribution in [0.2, 0.25) is 0 Å². The zero-order valence-corrected chi connectivity index (χ0v) is 35.9. The number of rotatable bonds is 13. The number of carboxylic acid groups (broad SMARTS) is 1. The maximum Gasteiger partial charge on any atom is 0.317 e. The Labute approximate surface area is 370 Å². The normalized spacial score (nSPS) is 12.8. The molecule has 0 saturated carbocycles. The molecule has 6 aromatic carbocycles. The third-order valence-electron chi connectivity index (χ3n) is 12.3. The highest BCUT2D eigenvalue weighted by atomic mass is 16.5. The second-order valence-corrected chi connectivity index (χ2v) is 16.6. The van der Waals surface area contributed by atoms with Crippen LogP contribution >= 0.6 is 0 Å². The lowest BCUT2D eigenvalue weighted by atomic mass is 9.93. The third kappa shape index (κ3) is 8.26. The van der Waals surface area contributed by atoms with Crippen molar-refractivity contribution >= 4 is 16.9 Å². The van der Waals surface area contributed by atoms with Crippen molar-refractivity contribution in [3.63, 3.8) is 0 Å². The lowest BCUT2D eigenvalue weighted by Gasteiger charge is -2.27. The van der Waals surface area contributed by atoms with Crippen molar-refractivity contribution in [1.29, 1.82) is 0 Å². The number of aliphatic carboxylic acids is 1. The average molecular weight is 847 g/mol. The summed E-state index contributed by atoms with van der Waals surface area (Å²) >= 11 is 0. The van der Waals surface area contributed by atoms with E-state index >= 15 is 0 Å². The van der Waals surface area contributed by atoms with E-state index in [0.29, 0.717) is 43.2 Å². The van der Waals surface area contributed by atoms with E-state index in [9.17, 15) is 9.90 Å². The highest BCUT2D eigenvalue weighted by Crippen LogP contribution is 2.35. The predicted octanol–water partition coefficient (Wildman–Crippen LogP) is 10.8. The van der Waals surface area contributed by atoms with Gasteiger partial charge in [0.1, 0.15) is 0 Å². The van der Waals surface area contributed by atoms with E-state index in [4.69, 9.17) is 23.8 Å². The highest BCUT2D eigenvalue weighted by molar-refractivity contribution is 5.85. The molecule has 0 bridgehead atoms. The fourth-order valence-electron chi connectivity index (χ4n) is 8.87. The molecule has 0 fully saturated rings. The van der Waals surface area contributed by atoms with Gasteiger partial charge in [-0.05, 0) is 137 Å². The summed E-state index contributed by atoms with van der Waals surface area (Å²) in [7, 11) is 2.03. The van der Waals surface area contributed by atoms with E-state index in [1.54, 1.807) is 0 Å². The van der Waals surface area contributed by atoms with E-state index in [1.807, 2.05) is 48.5 Å². The van der Waals surface area contributed by atoms with Crippen LogP contribution in [-0.4, -0.2) is 60.5 Å². The molecule has 11 heteroatoms. The summed E-state index contributed by atoms with van der Waals surface area (Å²) in [5, 5.41) is 19.1. The van der Waals surface area contributed by atoms with E-state index in [0.717, 1.165) is 91.5 Å². The number of carbonyl (C=O) groups is 1. The van der Waals surface area contributed by atoms with Crippen LogP contribution in [0.25, 0.3) is 78.8 Å². The summed E-state index contributed by atoms with van der Waals surface area (Å²) in [5.74, 6) is 1.12. The molecule has 3 aromatic heterocycles. The summed E-state index contributed by atoms with van der Waals surface area (Å²) in [4.78, 5) is 22.9. The van der Waals surface area contributed by atoms with E-state index in [1.165, 1.54) is 16.7 Å². The van der Waals surface area contributed by atoms with E-state index in [2.05, 4.69) is 126 Å². The van der Waals surface area contributed by atoms with Gasteiger partial charge in [-0.15, -0.1) is 0 Å². The number of carboxylic acids is 1. The minimum absolute atomic E-state index is 0.0158. The van der Waals surface area contributed by atoms with Gasteiger partial charge in [0.25, 0.3) is 11.8 Å². The average Bonchev–Trinajstić information content (AvgIpc) is 4.09. The Morgan fingerprint density at radius 1 is 0.672 bits per heavy atom. The van der Waals surface area contributed by atoms with E-state index in [-0.39, 0.29) is 6.54 Å². The number of aromatic nitrogens is 5. The summed E-state index contributed by atoms with van der Waals surface area (Å²) in [6.07, 6.45) is 3.57. The monoisotopic (exact) mass is 846 g/mol. The summed E-state index contributed by atoms with van der Waals surface area (Å²) in [6.45, 7) is 6.44. The number of hydrogen-bond donors (Lipinski definition) is 1. The third-order valence-corrected chi connectivity index (χ3v) is 12.3. The van der Waals surface area contributed by atoms with Gasteiger partial charge in [-0.25, -0.2) is 0 Å². The standard InChI is InChI=1S/C53H46N6O5/c1-33-8-4-6-10-44(33)47-18-15-41(53-55-50(56-64-53)38-13-12-35-21-24-59(31-49(60)61)30-42(35)28-38)29-43(47)32-62-25-22-36-9-5-7-11-46(36)45-17-14-40(26-34(45)2)52-54-51(57-63-52)39-16-19-48-37(27-39)20-23-58(48)3/h4-20,23,26-29H,21-22,24-25,30-32H2,1-3H3,(H,60,61). The molecule has 1 aliphatic rings. The first-order chi connectivity index (χ1) is 31.2. The molecule has 4 heterocycles.